The van der Waals surface area contributed by atoms with E-state index in [1.807, 2.05) is 0 Å². The van der Waals surface area contributed by atoms with Crippen LogP contribution in [0.1, 0.15) is 0 Å². The Balaban J connectivity index is 6.05. The van der Waals surface area contributed by atoms with Gasteiger partial charge < -0.3 is 4.57 Å². The summed E-state index contributed by atoms with van der Waals surface area (Å²) < 4.78 is 2.76. The first-order valence-corrected chi connectivity index (χ1v) is 21.8. The van der Waals surface area contributed by atoms with Crippen LogP contribution in [-0.4, -0.2) is 48.2 Å². The number of nitrogens with zero attached hydrogens (tertiary/aromatic N) is 1. The fourth-order valence-electron chi connectivity index (χ4n) is 5.39. The van der Waals surface area contributed by atoms with Gasteiger partial charge in [-0.1, -0.05) is 58.9 Å². The van der Waals surface area contributed by atoms with Crippen molar-refractivity contribution in [1.29, 1.82) is 0 Å². The average molecular weight is 292 g/mol. The molecule has 0 radical (unpaired) electrons. The Labute approximate surface area is 107 Å². The van der Waals surface area contributed by atoms with Crippen molar-refractivity contribution >= 4 is 29.6 Å². The highest BCUT2D eigenvalue weighted by molar-refractivity contribution is 7.88. The topological polar surface area (TPSA) is 3.24 Å². The van der Waals surface area contributed by atoms with Crippen molar-refractivity contribution in [1.82, 2.24) is 4.57 Å². The summed E-state index contributed by atoms with van der Waals surface area (Å²) in [5.74, 6) is 0. The molecule has 1 nitrogen and oxygen atoms in total. The summed E-state index contributed by atoms with van der Waals surface area (Å²) in [6, 6.07) is 0. The summed E-state index contributed by atoms with van der Waals surface area (Å²) in [6.07, 6.45) is 0. The molecule has 0 aliphatic carbocycles. The molecule has 0 fully saturated rings. The van der Waals surface area contributed by atoms with Crippen LogP contribution in [0, 0.1) is 0 Å². The van der Waals surface area contributed by atoms with Gasteiger partial charge in [0.2, 0.25) is 0 Å². The zero-order valence-corrected chi connectivity index (χ0v) is 17.4. The van der Waals surface area contributed by atoms with Crippen LogP contribution in [0.2, 0.25) is 58.9 Å². The molecule has 0 aliphatic rings. The second-order valence-corrected chi connectivity index (χ2v) is 48.7. The summed E-state index contributed by atoms with van der Waals surface area (Å²) in [5.41, 5.74) is 0. The molecule has 0 heterocycles. The highest BCUT2D eigenvalue weighted by atomic mass is 29.9. The summed E-state index contributed by atoms with van der Waals surface area (Å²) in [4.78, 5) is 0. The SMILES string of the molecule is CN(C)[Si]([Si](C)(C)C)([Si](C)(C)C)[Si](C)(C)C. The molecule has 0 amide bonds. The molecule has 98 valence electrons. The third kappa shape index (κ3) is 2.48. The molecule has 0 aromatic rings. The predicted molar refractivity (Wildman–Crippen MR) is 89.5 cm³/mol. The van der Waals surface area contributed by atoms with Crippen LogP contribution in [0.25, 0.3) is 0 Å². The van der Waals surface area contributed by atoms with Gasteiger partial charge in [-0.2, -0.15) is 0 Å². The van der Waals surface area contributed by atoms with Crippen molar-refractivity contribution in [2.45, 2.75) is 58.9 Å². The van der Waals surface area contributed by atoms with E-state index < -0.39 is 29.6 Å². The second kappa shape index (κ2) is 4.49. The molecule has 0 aromatic heterocycles. The largest absolute Gasteiger partial charge is 0.335 e. The van der Waals surface area contributed by atoms with Crippen molar-refractivity contribution in [3.63, 3.8) is 0 Å². The van der Waals surface area contributed by atoms with Crippen LogP contribution >= 0.6 is 0 Å². The lowest BCUT2D eigenvalue weighted by Crippen LogP contribution is -2.88. The highest BCUT2D eigenvalue weighted by Gasteiger charge is 2.63. The summed E-state index contributed by atoms with van der Waals surface area (Å²) >= 11 is 0. The molecule has 0 saturated heterocycles. The van der Waals surface area contributed by atoms with E-state index in [4.69, 9.17) is 0 Å². The van der Waals surface area contributed by atoms with Gasteiger partial charge in [-0.3, -0.25) is 0 Å². The molecule has 0 bridgehead atoms. The van der Waals surface area contributed by atoms with Gasteiger partial charge in [-0.15, -0.1) is 0 Å². The normalized spacial score (nSPS) is 15.8. The first-order chi connectivity index (χ1) is 6.69. The molecule has 0 N–H and O–H groups in total. The van der Waals surface area contributed by atoms with Crippen LogP contribution in [0.5, 0.6) is 0 Å². The molecule has 5 heteroatoms. The number of hydrogen-bond donors (Lipinski definition) is 0. The minimum atomic E-state index is -1.23. The van der Waals surface area contributed by atoms with Gasteiger partial charge in [0.15, 0.2) is 0 Å². The molecule has 0 atom stereocenters. The summed E-state index contributed by atoms with van der Waals surface area (Å²) in [5, 5.41) is 0. The van der Waals surface area contributed by atoms with Gasteiger partial charge in [0.1, 0.15) is 0 Å². The third-order valence-corrected chi connectivity index (χ3v) is 75.8. The second-order valence-electron chi connectivity index (χ2n) is 8.35. The van der Waals surface area contributed by atoms with Crippen molar-refractivity contribution in [2.24, 2.45) is 0 Å². The Morgan fingerprint density at radius 2 is 0.688 bits per heavy atom. The van der Waals surface area contributed by atoms with Crippen molar-refractivity contribution in [3.05, 3.63) is 0 Å². The predicted octanol–water partition coefficient (Wildman–Crippen LogP) is 3.74. The first kappa shape index (κ1) is 16.8. The van der Waals surface area contributed by atoms with Crippen molar-refractivity contribution < 1.29 is 0 Å². The van der Waals surface area contributed by atoms with E-state index >= 15 is 0 Å². The van der Waals surface area contributed by atoms with E-state index in [0.717, 1.165) is 0 Å². The van der Waals surface area contributed by atoms with Gasteiger partial charge in [-0.25, -0.2) is 0 Å². The van der Waals surface area contributed by atoms with Gasteiger partial charge in [0.25, 0.3) is 0 Å². The maximum atomic E-state index is 2.76. The van der Waals surface area contributed by atoms with Crippen LogP contribution in [0.4, 0.5) is 0 Å². The molecule has 0 aliphatic heterocycles. The Morgan fingerprint density at radius 1 is 0.500 bits per heavy atom. The minimum Gasteiger partial charge on any atom is -0.335 e. The quantitative estimate of drug-likeness (QED) is 0.713. The van der Waals surface area contributed by atoms with E-state index in [1.54, 1.807) is 0 Å². The molecule has 16 heavy (non-hydrogen) atoms. The van der Waals surface area contributed by atoms with E-state index in [1.165, 1.54) is 0 Å². The summed E-state index contributed by atoms with van der Waals surface area (Å²) in [6.45, 7) is 22.5. The maximum Gasteiger partial charge on any atom is 0.0998 e. The summed E-state index contributed by atoms with van der Waals surface area (Å²) in [7, 11) is 1.53. The molecule has 0 saturated carbocycles. The van der Waals surface area contributed by atoms with Gasteiger partial charge in [-0.05, 0) is 14.1 Å². The fourth-order valence-corrected chi connectivity index (χ4v) is 109. The van der Waals surface area contributed by atoms with Gasteiger partial charge >= 0.3 is 0 Å². The van der Waals surface area contributed by atoms with Crippen molar-refractivity contribution in [2.75, 3.05) is 14.1 Å². The van der Waals surface area contributed by atoms with Gasteiger partial charge in [0, 0.05) is 0 Å². The van der Waals surface area contributed by atoms with Crippen molar-refractivity contribution in [3.8, 4) is 0 Å². The van der Waals surface area contributed by atoms with Crippen LogP contribution in [-0.2, 0) is 0 Å². The number of rotatable bonds is 4. The monoisotopic (exact) mass is 291 g/mol. The molecular weight excluding hydrogens is 258 g/mol. The lowest BCUT2D eigenvalue weighted by atomic mass is 11.3. The zero-order valence-electron chi connectivity index (χ0n) is 13.4. The number of hydrogen-bond acceptors (Lipinski definition) is 1. The zero-order chi connectivity index (χ0) is 13.6. The molecule has 0 rings (SSSR count). The molecule has 0 spiro atoms. The first-order valence-electron chi connectivity index (χ1n) is 6.37. The molecule has 0 aromatic carbocycles. The Kier molecular flexibility index (Phi) is 4.73. The van der Waals surface area contributed by atoms with E-state index in [-0.39, 0.29) is 0 Å². The van der Waals surface area contributed by atoms with E-state index in [9.17, 15) is 0 Å². The maximum absolute atomic E-state index is 2.76. The standard InChI is InChI=1S/C11H33NSi4/c1-12(2)16(13(3,4)5,14(6,7)8)15(9,10)11/h1-11H3. The Bertz CT molecular complexity index is 206. The minimum absolute atomic E-state index is 1.08. The fraction of sp³-hybridized carbons (Fsp3) is 1.00. The lowest BCUT2D eigenvalue weighted by molar-refractivity contribution is 0.653. The molecular formula is C11H33NSi4. The Morgan fingerprint density at radius 3 is 0.688 bits per heavy atom. The van der Waals surface area contributed by atoms with Crippen LogP contribution in [0.3, 0.4) is 0 Å². The lowest BCUT2D eigenvalue weighted by Gasteiger charge is -2.60. The smallest absolute Gasteiger partial charge is 0.0998 e. The third-order valence-electron chi connectivity index (χ3n) is 3.93. The Hall–Kier alpha value is 0.828. The van der Waals surface area contributed by atoms with Crippen LogP contribution < -0.4 is 0 Å². The highest BCUT2D eigenvalue weighted by Crippen LogP contribution is 2.37. The van der Waals surface area contributed by atoms with E-state index in [0.29, 0.717) is 0 Å². The van der Waals surface area contributed by atoms with E-state index in [2.05, 4.69) is 77.6 Å². The average Bonchev–Trinajstić information content (AvgIpc) is 1.71. The molecule has 0 unspecified atom stereocenters. The van der Waals surface area contributed by atoms with Crippen LogP contribution in [0.15, 0.2) is 0 Å². The van der Waals surface area contributed by atoms with Gasteiger partial charge in [0.05, 0.1) is 29.6 Å².